The van der Waals surface area contributed by atoms with Crippen molar-refractivity contribution in [2.24, 2.45) is 16.4 Å². The predicted molar refractivity (Wildman–Crippen MR) is 118 cm³/mol. The molecule has 4 N–H and O–H groups in total. The standard InChI is InChI=1S/C21H23N9O3/c1-10-4-3-5-11(6-10)8-24-17-13-18(27-20(26-17)28-29-22)30(9-25-13)14-12-7-21(12,19(33)23-2)16(32)15(14)31/h3-6,9,12,14-16,31-32H,7-8H2,1-2H3,(H,23,33)(H,24,26,27)/t12-,14-,15-,16?,21+/m1/s1. The van der Waals surface area contributed by atoms with Crippen LogP contribution in [0.1, 0.15) is 23.6 Å². The van der Waals surface area contributed by atoms with E-state index in [0.29, 0.717) is 29.9 Å². The molecule has 2 aromatic heterocycles. The summed E-state index contributed by atoms with van der Waals surface area (Å²) in [6.07, 6.45) is -0.431. The van der Waals surface area contributed by atoms with Gasteiger partial charge in [0.1, 0.15) is 11.6 Å². The fraction of sp³-hybridized carbons (Fsp3) is 0.429. The summed E-state index contributed by atoms with van der Waals surface area (Å²) in [5.74, 6) is -0.291. The number of fused-ring (bicyclic) bond motifs is 2. The van der Waals surface area contributed by atoms with Gasteiger partial charge in [-0.15, -0.1) is 0 Å². The third kappa shape index (κ3) is 3.18. The summed E-state index contributed by atoms with van der Waals surface area (Å²) >= 11 is 0. The minimum atomic E-state index is -1.21. The Bertz CT molecular complexity index is 1300. The molecular weight excluding hydrogens is 426 g/mol. The molecule has 33 heavy (non-hydrogen) atoms. The highest BCUT2D eigenvalue weighted by Crippen LogP contribution is 2.67. The van der Waals surface area contributed by atoms with E-state index in [0.717, 1.165) is 11.1 Å². The van der Waals surface area contributed by atoms with Gasteiger partial charge in [-0.25, -0.2) is 15.0 Å². The van der Waals surface area contributed by atoms with Gasteiger partial charge in [0, 0.05) is 24.4 Å². The number of carbonyl (C=O) groups excluding carboxylic acids is 1. The number of hydrogen-bond donors (Lipinski definition) is 4. The Morgan fingerprint density at radius 1 is 1.39 bits per heavy atom. The number of nitrogens with zero attached hydrogens (tertiary/aromatic N) is 7. The number of aromatic nitrogens is 4. The molecule has 1 unspecified atom stereocenters. The maximum Gasteiger partial charge on any atom is 0.229 e. The molecule has 2 saturated carbocycles. The first-order chi connectivity index (χ1) is 15.9. The monoisotopic (exact) mass is 449 g/mol. The lowest BCUT2D eigenvalue weighted by Crippen LogP contribution is -2.41. The van der Waals surface area contributed by atoms with Gasteiger partial charge in [-0.2, -0.15) is 0 Å². The molecule has 2 fully saturated rings. The molecule has 2 aliphatic rings. The number of azide groups is 1. The van der Waals surface area contributed by atoms with E-state index in [1.54, 1.807) is 4.57 Å². The van der Waals surface area contributed by atoms with E-state index in [2.05, 4.69) is 35.6 Å². The first-order valence-corrected chi connectivity index (χ1v) is 10.6. The van der Waals surface area contributed by atoms with Crippen LogP contribution in [0.3, 0.4) is 0 Å². The van der Waals surface area contributed by atoms with Crippen LogP contribution in [0.2, 0.25) is 0 Å². The number of imidazole rings is 1. The molecular formula is C21H23N9O3. The van der Waals surface area contributed by atoms with Gasteiger partial charge >= 0.3 is 0 Å². The second kappa shape index (κ2) is 7.69. The van der Waals surface area contributed by atoms with Gasteiger partial charge in [-0.1, -0.05) is 29.8 Å². The van der Waals surface area contributed by atoms with Crippen molar-refractivity contribution in [1.29, 1.82) is 0 Å². The summed E-state index contributed by atoms with van der Waals surface area (Å²) in [5, 5.41) is 30.8. The third-order valence-electron chi connectivity index (χ3n) is 6.73. The van der Waals surface area contributed by atoms with Crippen LogP contribution in [-0.2, 0) is 11.3 Å². The number of aliphatic hydroxyl groups is 2. The van der Waals surface area contributed by atoms with Crippen LogP contribution in [0.15, 0.2) is 35.7 Å². The number of nitrogens with one attached hydrogen (secondary N) is 2. The minimum Gasteiger partial charge on any atom is -0.389 e. The maximum atomic E-state index is 12.5. The van der Waals surface area contributed by atoms with Gasteiger partial charge in [-0.3, -0.25) is 4.79 Å². The van der Waals surface area contributed by atoms with E-state index < -0.39 is 23.7 Å². The number of rotatable bonds is 6. The maximum absolute atomic E-state index is 12.5. The zero-order chi connectivity index (χ0) is 23.3. The fourth-order valence-corrected chi connectivity index (χ4v) is 5.13. The van der Waals surface area contributed by atoms with E-state index in [1.165, 1.54) is 13.4 Å². The van der Waals surface area contributed by atoms with Crippen LogP contribution in [0.5, 0.6) is 0 Å². The molecule has 12 nitrogen and oxygen atoms in total. The second-order valence-electron chi connectivity index (χ2n) is 8.58. The lowest BCUT2D eigenvalue weighted by Gasteiger charge is -2.23. The Balaban J connectivity index is 1.54. The third-order valence-corrected chi connectivity index (χ3v) is 6.73. The largest absolute Gasteiger partial charge is 0.389 e. The first-order valence-electron chi connectivity index (χ1n) is 10.6. The molecule has 1 aromatic carbocycles. The predicted octanol–water partition coefficient (Wildman–Crippen LogP) is 1.72. The number of amides is 1. The number of benzene rings is 1. The van der Waals surface area contributed by atoms with Crippen LogP contribution in [0.25, 0.3) is 21.6 Å². The molecule has 0 saturated heterocycles. The lowest BCUT2D eigenvalue weighted by molar-refractivity contribution is -0.132. The Morgan fingerprint density at radius 2 is 2.21 bits per heavy atom. The van der Waals surface area contributed by atoms with Crippen molar-refractivity contribution >= 4 is 28.8 Å². The normalized spacial score (nSPS) is 27.6. The average molecular weight is 449 g/mol. The summed E-state index contributed by atoms with van der Waals surface area (Å²) in [5.41, 5.74) is 10.8. The van der Waals surface area contributed by atoms with Crippen LogP contribution in [-0.4, -0.2) is 54.9 Å². The molecule has 12 heteroatoms. The summed E-state index contributed by atoms with van der Waals surface area (Å²) in [6, 6.07) is 7.38. The van der Waals surface area contributed by atoms with Gasteiger partial charge in [0.25, 0.3) is 0 Å². The topological polar surface area (TPSA) is 174 Å². The second-order valence-corrected chi connectivity index (χ2v) is 8.58. The quantitative estimate of drug-likeness (QED) is 0.252. The zero-order valence-corrected chi connectivity index (χ0v) is 18.0. The van der Waals surface area contributed by atoms with Crippen LogP contribution in [0, 0.1) is 18.3 Å². The highest BCUT2D eigenvalue weighted by Gasteiger charge is 2.75. The highest BCUT2D eigenvalue weighted by atomic mass is 16.3. The minimum absolute atomic E-state index is 0.0973. The van der Waals surface area contributed by atoms with E-state index in [9.17, 15) is 15.0 Å². The number of aryl methyl sites for hydroxylation is 1. The van der Waals surface area contributed by atoms with Gasteiger partial charge in [0.15, 0.2) is 11.5 Å². The zero-order valence-electron chi connectivity index (χ0n) is 18.0. The van der Waals surface area contributed by atoms with E-state index in [4.69, 9.17) is 5.53 Å². The number of aliphatic hydroxyl groups excluding tert-OH is 2. The van der Waals surface area contributed by atoms with Crippen LogP contribution in [0.4, 0.5) is 11.8 Å². The SMILES string of the molecule is CNC(=O)[C@@]12C[C@@H]1[C@@H](n1cnc3c(NCc4cccc(C)c4)nc(N=[N+]=[N-])nc31)[C@@H](O)C2O. The van der Waals surface area contributed by atoms with Crippen molar-refractivity contribution in [2.75, 3.05) is 12.4 Å². The van der Waals surface area contributed by atoms with Crippen molar-refractivity contribution in [1.82, 2.24) is 24.8 Å². The number of anilines is 1. The van der Waals surface area contributed by atoms with Crippen molar-refractivity contribution in [3.05, 3.63) is 52.2 Å². The lowest BCUT2D eigenvalue weighted by atomic mass is 9.98. The van der Waals surface area contributed by atoms with Gasteiger partial charge in [0.05, 0.1) is 23.9 Å². The number of carbonyl (C=O) groups is 1. The molecule has 1 amide bonds. The Labute approximate surface area is 188 Å². The molecule has 5 rings (SSSR count). The molecule has 2 aliphatic carbocycles. The Hall–Kier alpha value is -3.73. The van der Waals surface area contributed by atoms with Crippen molar-refractivity contribution in [2.45, 2.75) is 38.1 Å². The van der Waals surface area contributed by atoms with E-state index in [-0.39, 0.29) is 17.8 Å². The summed E-state index contributed by atoms with van der Waals surface area (Å²) in [6.45, 7) is 2.47. The van der Waals surface area contributed by atoms with E-state index >= 15 is 0 Å². The molecule has 2 heterocycles. The fourth-order valence-electron chi connectivity index (χ4n) is 5.13. The average Bonchev–Trinajstić information content (AvgIpc) is 3.34. The van der Waals surface area contributed by atoms with Crippen LogP contribution < -0.4 is 10.6 Å². The van der Waals surface area contributed by atoms with Crippen LogP contribution >= 0.6 is 0 Å². The molecule has 5 atom stereocenters. The molecule has 3 aromatic rings. The van der Waals surface area contributed by atoms with Crippen molar-refractivity contribution in [3.63, 3.8) is 0 Å². The first kappa shape index (κ1) is 21.1. The summed E-state index contributed by atoms with van der Waals surface area (Å²) in [7, 11) is 1.51. The van der Waals surface area contributed by atoms with Gasteiger partial charge in [0.2, 0.25) is 11.9 Å². The molecule has 0 spiro atoms. The molecule has 0 bridgehead atoms. The smallest absolute Gasteiger partial charge is 0.229 e. The summed E-state index contributed by atoms with van der Waals surface area (Å²) in [4.78, 5) is 28.3. The molecule has 0 aliphatic heterocycles. The van der Waals surface area contributed by atoms with Gasteiger partial charge < -0.3 is 25.4 Å². The molecule has 170 valence electrons. The molecule has 0 radical (unpaired) electrons. The van der Waals surface area contributed by atoms with E-state index in [1.807, 2.05) is 31.2 Å². The van der Waals surface area contributed by atoms with Crippen molar-refractivity contribution in [3.8, 4) is 0 Å². The Kier molecular flexibility index (Phi) is 4.93. The Morgan fingerprint density at radius 3 is 2.94 bits per heavy atom. The van der Waals surface area contributed by atoms with Crippen molar-refractivity contribution < 1.29 is 15.0 Å². The number of hydrogen-bond acceptors (Lipinski definition) is 8. The summed E-state index contributed by atoms with van der Waals surface area (Å²) < 4.78 is 1.64. The van der Waals surface area contributed by atoms with Gasteiger partial charge in [-0.05, 0) is 29.6 Å². The highest BCUT2D eigenvalue weighted by molar-refractivity contribution is 5.88.